The smallest absolute Gasteiger partial charge is 0.326 e. The van der Waals surface area contributed by atoms with Crippen molar-refractivity contribution in [2.75, 3.05) is 0 Å². The summed E-state index contributed by atoms with van der Waals surface area (Å²) >= 11 is 0. The van der Waals surface area contributed by atoms with E-state index < -0.39 is 47.9 Å². The molecule has 8 N–H and O–H groups in total. The second-order valence-electron chi connectivity index (χ2n) is 10.1. The van der Waals surface area contributed by atoms with Gasteiger partial charge in [0.1, 0.15) is 18.1 Å². The number of nitrogens with zero attached hydrogens (tertiary/aromatic N) is 2. The first-order valence-electron chi connectivity index (χ1n) is 13.7. The Hall–Kier alpha value is -5.30. The molecule has 3 amide bonds. The minimum Gasteiger partial charge on any atom is -0.480 e. The number of carboxylic acid groups (broad SMARTS) is 1. The summed E-state index contributed by atoms with van der Waals surface area (Å²) in [5.74, 6) is -3.13. The lowest BCUT2D eigenvalue weighted by Gasteiger charge is -2.25. The maximum absolute atomic E-state index is 13.7. The van der Waals surface area contributed by atoms with E-state index >= 15 is 0 Å². The van der Waals surface area contributed by atoms with Gasteiger partial charge >= 0.3 is 5.97 Å². The highest BCUT2D eigenvalue weighted by atomic mass is 16.4. The lowest BCUT2D eigenvalue weighted by Crippen LogP contribution is -2.58. The molecule has 0 saturated carbocycles. The highest BCUT2D eigenvalue weighted by Crippen LogP contribution is 2.08. The number of nitrogens with two attached hydrogens (primary N) is 1. The number of carbonyl (C=O) groups excluding carboxylic acids is 3. The van der Waals surface area contributed by atoms with Crippen LogP contribution in [0.4, 0.5) is 0 Å². The molecule has 13 nitrogen and oxygen atoms in total. The Bertz CT molecular complexity index is 1460. The summed E-state index contributed by atoms with van der Waals surface area (Å²) in [7, 11) is 0. The summed E-state index contributed by atoms with van der Waals surface area (Å²) < 4.78 is 0. The number of benzene rings is 2. The fourth-order valence-electron chi connectivity index (χ4n) is 4.48. The fraction of sp³-hybridized carbons (Fsp3) is 0.267. The van der Waals surface area contributed by atoms with Crippen LogP contribution in [0, 0.1) is 0 Å². The predicted octanol–water partition coefficient (Wildman–Crippen LogP) is 0.270. The van der Waals surface area contributed by atoms with Crippen molar-refractivity contribution in [1.82, 2.24) is 35.9 Å². The van der Waals surface area contributed by atoms with E-state index in [0.717, 1.165) is 11.1 Å². The van der Waals surface area contributed by atoms with Crippen molar-refractivity contribution in [1.29, 1.82) is 0 Å². The van der Waals surface area contributed by atoms with Gasteiger partial charge < -0.3 is 36.8 Å². The molecule has 224 valence electrons. The topological polar surface area (TPSA) is 208 Å². The minimum atomic E-state index is -1.28. The van der Waals surface area contributed by atoms with E-state index in [4.69, 9.17) is 5.73 Å². The monoisotopic (exact) mass is 586 g/mol. The number of imidazole rings is 2. The normalized spacial score (nSPS) is 13.7. The molecule has 0 fully saturated rings. The van der Waals surface area contributed by atoms with E-state index in [1.807, 2.05) is 36.4 Å². The summed E-state index contributed by atoms with van der Waals surface area (Å²) in [6.45, 7) is 0. The summed E-state index contributed by atoms with van der Waals surface area (Å²) in [6.07, 6.45) is 6.20. The molecule has 0 spiro atoms. The van der Waals surface area contributed by atoms with Gasteiger partial charge in [-0.2, -0.15) is 0 Å². The zero-order valence-corrected chi connectivity index (χ0v) is 23.3. The van der Waals surface area contributed by atoms with Gasteiger partial charge in [0.2, 0.25) is 17.7 Å². The van der Waals surface area contributed by atoms with Gasteiger partial charge in [-0.05, 0) is 17.5 Å². The average molecular weight is 587 g/mol. The summed E-state index contributed by atoms with van der Waals surface area (Å²) in [6, 6.07) is 13.8. The molecule has 4 atom stereocenters. The molecule has 0 bridgehead atoms. The Morgan fingerprint density at radius 3 is 1.58 bits per heavy atom. The van der Waals surface area contributed by atoms with Crippen molar-refractivity contribution < 1.29 is 24.3 Å². The molecule has 4 unspecified atom stereocenters. The number of hydrogen-bond donors (Lipinski definition) is 7. The van der Waals surface area contributed by atoms with E-state index in [1.165, 1.54) is 25.0 Å². The second-order valence-corrected chi connectivity index (χ2v) is 10.1. The summed E-state index contributed by atoms with van der Waals surface area (Å²) in [5, 5.41) is 17.7. The first-order valence-corrected chi connectivity index (χ1v) is 13.7. The molecule has 0 radical (unpaired) electrons. The van der Waals surface area contributed by atoms with Gasteiger partial charge in [-0.25, -0.2) is 14.8 Å². The number of rotatable bonds is 15. The zero-order valence-electron chi connectivity index (χ0n) is 23.3. The SMILES string of the molecule is NC(Cc1ccccc1)C(=O)NC(Cc1cnc[nH]1)C(=O)NC(Cc1ccccc1)C(=O)NC(Cc1cnc[nH]1)C(=O)O. The van der Waals surface area contributed by atoms with E-state index in [9.17, 15) is 24.3 Å². The zero-order chi connectivity index (χ0) is 30.6. The van der Waals surface area contributed by atoms with Crippen LogP contribution in [0.1, 0.15) is 22.5 Å². The molecule has 4 aromatic rings. The largest absolute Gasteiger partial charge is 0.480 e. The standard InChI is InChI=1S/C30H34N8O5/c31-23(11-19-7-3-1-4-8-19)27(39)36-25(13-21-15-32-17-34-21)29(41)37-24(12-20-9-5-2-6-10-20)28(40)38-26(30(42)43)14-22-16-33-18-35-22/h1-10,15-18,23-26H,11-14,31H2,(H,32,34)(H,33,35)(H,36,39)(H,37,41)(H,38,40)(H,42,43). The number of carbonyl (C=O) groups is 4. The maximum Gasteiger partial charge on any atom is 0.326 e. The number of aromatic amines is 2. The number of hydrogen-bond acceptors (Lipinski definition) is 7. The van der Waals surface area contributed by atoms with Crippen LogP contribution in [-0.4, -0.2) is 72.9 Å². The van der Waals surface area contributed by atoms with Gasteiger partial charge in [-0.1, -0.05) is 60.7 Å². The molecule has 43 heavy (non-hydrogen) atoms. The van der Waals surface area contributed by atoms with Crippen molar-refractivity contribution in [2.45, 2.75) is 49.9 Å². The number of aliphatic carboxylic acids is 1. The first kappa shape index (κ1) is 30.7. The number of carboxylic acids is 1. The van der Waals surface area contributed by atoms with Gasteiger partial charge in [-0.3, -0.25) is 14.4 Å². The average Bonchev–Trinajstić information content (AvgIpc) is 3.72. The molecule has 0 saturated heterocycles. The van der Waals surface area contributed by atoms with Crippen LogP contribution in [0.5, 0.6) is 0 Å². The van der Waals surface area contributed by atoms with Gasteiger partial charge in [-0.15, -0.1) is 0 Å². The number of amides is 3. The van der Waals surface area contributed by atoms with Crippen LogP contribution in [0.15, 0.2) is 85.7 Å². The molecule has 0 aliphatic rings. The Balaban J connectivity index is 1.51. The van der Waals surface area contributed by atoms with E-state index in [2.05, 4.69) is 35.9 Å². The third-order valence-electron chi connectivity index (χ3n) is 6.76. The molecule has 13 heteroatoms. The molecule has 4 rings (SSSR count). The second kappa shape index (κ2) is 15.1. The van der Waals surface area contributed by atoms with Crippen molar-refractivity contribution in [2.24, 2.45) is 5.73 Å². The quantitative estimate of drug-likeness (QED) is 0.103. The third-order valence-corrected chi connectivity index (χ3v) is 6.76. The third kappa shape index (κ3) is 9.36. The highest BCUT2D eigenvalue weighted by molar-refractivity contribution is 5.94. The van der Waals surface area contributed by atoms with Crippen molar-refractivity contribution in [3.8, 4) is 0 Å². The van der Waals surface area contributed by atoms with Crippen LogP contribution >= 0.6 is 0 Å². The molecule has 2 aromatic heterocycles. The molecule has 0 aliphatic heterocycles. The molecule has 2 aromatic carbocycles. The van der Waals surface area contributed by atoms with Gasteiger partial charge in [0.05, 0.1) is 18.7 Å². The maximum atomic E-state index is 13.7. The lowest BCUT2D eigenvalue weighted by atomic mass is 10.0. The predicted molar refractivity (Wildman–Crippen MR) is 156 cm³/mol. The first-order chi connectivity index (χ1) is 20.8. The molecular weight excluding hydrogens is 552 g/mol. The minimum absolute atomic E-state index is 0.0368. The number of H-pyrrole nitrogens is 2. The van der Waals surface area contributed by atoms with E-state index in [1.54, 1.807) is 24.3 Å². The summed E-state index contributed by atoms with van der Waals surface area (Å²) in [4.78, 5) is 65.8. The van der Waals surface area contributed by atoms with Crippen LogP contribution in [0.3, 0.4) is 0 Å². The molecule has 0 aliphatic carbocycles. The van der Waals surface area contributed by atoms with Crippen LogP contribution in [0.25, 0.3) is 0 Å². The fourth-order valence-corrected chi connectivity index (χ4v) is 4.48. The Morgan fingerprint density at radius 2 is 1.09 bits per heavy atom. The number of aromatic nitrogens is 4. The Labute approximate surface area is 247 Å². The van der Waals surface area contributed by atoms with Crippen LogP contribution in [0.2, 0.25) is 0 Å². The van der Waals surface area contributed by atoms with Crippen molar-refractivity contribution in [3.05, 3.63) is 108 Å². The van der Waals surface area contributed by atoms with Gasteiger partial charge in [0, 0.05) is 43.0 Å². The van der Waals surface area contributed by atoms with Crippen LogP contribution in [-0.2, 0) is 44.9 Å². The van der Waals surface area contributed by atoms with Gasteiger partial charge in [0.25, 0.3) is 0 Å². The molecular formula is C30H34N8O5. The van der Waals surface area contributed by atoms with Crippen LogP contribution < -0.4 is 21.7 Å². The highest BCUT2D eigenvalue weighted by Gasteiger charge is 2.31. The van der Waals surface area contributed by atoms with E-state index in [0.29, 0.717) is 11.4 Å². The van der Waals surface area contributed by atoms with Crippen molar-refractivity contribution >= 4 is 23.7 Å². The summed E-state index contributed by atoms with van der Waals surface area (Å²) in [5.41, 5.74) is 8.87. The Kier molecular flexibility index (Phi) is 10.7. The number of nitrogens with one attached hydrogen (secondary N) is 5. The van der Waals surface area contributed by atoms with Gasteiger partial charge in [0.15, 0.2) is 0 Å². The van der Waals surface area contributed by atoms with Crippen molar-refractivity contribution in [3.63, 3.8) is 0 Å². The lowest BCUT2D eigenvalue weighted by molar-refractivity contribution is -0.142. The van der Waals surface area contributed by atoms with E-state index in [-0.39, 0.29) is 25.7 Å². The Morgan fingerprint density at radius 1 is 0.651 bits per heavy atom. The molecule has 2 heterocycles.